The second-order valence-corrected chi connectivity index (χ2v) is 6.63. The van der Waals surface area contributed by atoms with E-state index >= 15 is 0 Å². The summed E-state index contributed by atoms with van der Waals surface area (Å²) < 4.78 is 0. The van der Waals surface area contributed by atoms with E-state index < -0.39 is 5.41 Å². The summed E-state index contributed by atoms with van der Waals surface area (Å²) in [6.07, 6.45) is 0.837. The van der Waals surface area contributed by atoms with Gasteiger partial charge in [0.1, 0.15) is 5.41 Å². The van der Waals surface area contributed by atoms with Gasteiger partial charge < -0.3 is 10.2 Å². The van der Waals surface area contributed by atoms with Gasteiger partial charge in [-0.2, -0.15) is 0 Å². The molecule has 24 heavy (non-hydrogen) atoms. The van der Waals surface area contributed by atoms with E-state index in [0.717, 1.165) is 23.2 Å². The van der Waals surface area contributed by atoms with Gasteiger partial charge in [0.2, 0.25) is 11.8 Å². The quantitative estimate of drug-likeness (QED) is 0.880. The molecule has 0 fully saturated rings. The van der Waals surface area contributed by atoms with Gasteiger partial charge in [-0.3, -0.25) is 9.59 Å². The minimum absolute atomic E-state index is 0.155. The highest BCUT2D eigenvalue weighted by molar-refractivity contribution is 6.11. The molecule has 4 heteroatoms. The van der Waals surface area contributed by atoms with Crippen LogP contribution in [0.2, 0.25) is 0 Å². The molecule has 1 aliphatic heterocycles. The highest BCUT2D eigenvalue weighted by Crippen LogP contribution is 2.31. The summed E-state index contributed by atoms with van der Waals surface area (Å²) in [4.78, 5) is 27.3. The van der Waals surface area contributed by atoms with Gasteiger partial charge in [-0.25, -0.2) is 0 Å². The van der Waals surface area contributed by atoms with E-state index in [0.29, 0.717) is 13.1 Å². The van der Waals surface area contributed by atoms with Crippen molar-refractivity contribution in [1.29, 1.82) is 0 Å². The standard InChI is InChI=1S/C20H22N2O2/c1-20(2,18(23)21-14-15-8-4-3-5-9-15)19(24)22-13-12-16-10-6-7-11-17(16)22/h3-11H,12-14H2,1-2H3,(H,21,23). The van der Waals surface area contributed by atoms with Gasteiger partial charge in [-0.1, -0.05) is 48.5 Å². The number of hydrogen-bond donors (Lipinski definition) is 1. The van der Waals surface area contributed by atoms with Gasteiger partial charge in [0.15, 0.2) is 0 Å². The van der Waals surface area contributed by atoms with Crippen LogP contribution in [0, 0.1) is 5.41 Å². The van der Waals surface area contributed by atoms with Crippen molar-refractivity contribution in [2.45, 2.75) is 26.8 Å². The number of anilines is 1. The number of nitrogens with zero attached hydrogens (tertiary/aromatic N) is 1. The molecular weight excluding hydrogens is 300 g/mol. The molecule has 4 nitrogen and oxygen atoms in total. The molecule has 0 spiro atoms. The first-order valence-electron chi connectivity index (χ1n) is 8.22. The number of hydrogen-bond acceptors (Lipinski definition) is 2. The van der Waals surface area contributed by atoms with Crippen LogP contribution in [0.1, 0.15) is 25.0 Å². The Morgan fingerprint density at radius 3 is 2.46 bits per heavy atom. The third-order valence-electron chi connectivity index (χ3n) is 4.53. The van der Waals surface area contributed by atoms with Gasteiger partial charge in [0.05, 0.1) is 0 Å². The van der Waals surface area contributed by atoms with Crippen molar-refractivity contribution in [3.8, 4) is 0 Å². The molecule has 0 atom stereocenters. The van der Waals surface area contributed by atoms with Gasteiger partial charge >= 0.3 is 0 Å². The van der Waals surface area contributed by atoms with Crippen molar-refractivity contribution in [1.82, 2.24) is 5.32 Å². The van der Waals surface area contributed by atoms with Gasteiger partial charge in [-0.05, 0) is 37.5 Å². The second-order valence-electron chi connectivity index (χ2n) is 6.63. The molecule has 3 rings (SSSR count). The van der Waals surface area contributed by atoms with Crippen molar-refractivity contribution in [2.75, 3.05) is 11.4 Å². The summed E-state index contributed by atoms with van der Waals surface area (Å²) in [6, 6.07) is 17.6. The number of benzene rings is 2. The highest BCUT2D eigenvalue weighted by atomic mass is 16.2. The van der Waals surface area contributed by atoms with Gasteiger partial charge in [0, 0.05) is 18.8 Å². The molecule has 0 aromatic heterocycles. The first-order valence-corrected chi connectivity index (χ1v) is 8.22. The number of amides is 2. The second kappa shape index (κ2) is 6.48. The maximum Gasteiger partial charge on any atom is 0.242 e. The lowest BCUT2D eigenvalue weighted by Crippen LogP contribution is -2.49. The van der Waals surface area contributed by atoms with E-state index in [1.807, 2.05) is 54.6 Å². The third-order valence-corrected chi connectivity index (χ3v) is 4.53. The Bertz CT molecular complexity index is 753. The summed E-state index contributed by atoms with van der Waals surface area (Å²) in [6.45, 7) is 4.44. The molecule has 1 heterocycles. The van der Waals surface area contributed by atoms with E-state index in [2.05, 4.69) is 5.32 Å². The minimum atomic E-state index is -1.10. The SMILES string of the molecule is CC(C)(C(=O)NCc1ccccc1)C(=O)N1CCc2ccccc21. The molecule has 0 saturated carbocycles. The predicted molar refractivity (Wildman–Crippen MR) is 94.6 cm³/mol. The van der Waals surface area contributed by atoms with Crippen LogP contribution < -0.4 is 10.2 Å². The van der Waals surface area contributed by atoms with Crippen LogP contribution in [0.5, 0.6) is 0 Å². The average molecular weight is 322 g/mol. The zero-order valence-electron chi connectivity index (χ0n) is 14.1. The Morgan fingerprint density at radius 2 is 1.71 bits per heavy atom. The first-order chi connectivity index (χ1) is 11.5. The molecule has 0 radical (unpaired) electrons. The minimum Gasteiger partial charge on any atom is -0.351 e. The number of para-hydroxylation sites is 1. The molecule has 2 aromatic carbocycles. The fourth-order valence-corrected chi connectivity index (χ4v) is 2.98. The Balaban J connectivity index is 1.70. The molecule has 124 valence electrons. The first kappa shape index (κ1) is 16.2. The lowest BCUT2D eigenvalue weighted by Gasteiger charge is -2.28. The maximum atomic E-state index is 12.9. The van der Waals surface area contributed by atoms with Crippen LogP contribution in [0.25, 0.3) is 0 Å². The average Bonchev–Trinajstić information content (AvgIpc) is 3.03. The van der Waals surface area contributed by atoms with Crippen LogP contribution in [0.3, 0.4) is 0 Å². The molecule has 0 bridgehead atoms. The Hall–Kier alpha value is -2.62. The van der Waals surface area contributed by atoms with Crippen molar-refractivity contribution in [3.63, 3.8) is 0 Å². The summed E-state index contributed by atoms with van der Waals surface area (Å²) in [7, 11) is 0. The third kappa shape index (κ3) is 3.04. The largest absolute Gasteiger partial charge is 0.351 e. The lowest BCUT2D eigenvalue weighted by molar-refractivity contribution is -0.139. The zero-order valence-corrected chi connectivity index (χ0v) is 14.1. The topological polar surface area (TPSA) is 49.4 Å². The molecule has 2 aromatic rings. The van der Waals surface area contributed by atoms with E-state index in [9.17, 15) is 9.59 Å². The summed E-state index contributed by atoms with van der Waals surface area (Å²) in [5.74, 6) is -0.404. The van der Waals surface area contributed by atoms with E-state index in [1.165, 1.54) is 0 Å². The van der Waals surface area contributed by atoms with Gasteiger partial charge in [0.25, 0.3) is 0 Å². The number of rotatable bonds is 4. The van der Waals surface area contributed by atoms with Crippen molar-refractivity contribution in [3.05, 3.63) is 65.7 Å². The molecular formula is C20H22N2O2. The van der Waals surface area contributed by atoms with Crippen LogP contribution in [-0.4, -0.2) is 18.4 Å². The highest BCUT2D eigenvalue weighted by Gasteiger charge is 2.41. The monoisotopic (exact) mass is 322 g/mol. The zero-order chi connectivity index (χ0) is 17.2. The normalized spacial score (nSPS) is 13.5. The lowest BCUT2D eigenvalue weighted by atomic mass is 9.90. The van der Waals surface area contributed by atoms with Crippen LogP contribution in [0.4, 0.5) is 5.69 Å². The predicted octanol–water partition coefficient (Wildman–Crippen LogP) is 2.92. The Kier molecular flexibility index (Phi) is 4.38. The fraction of sp³-hybridized carbons (Fsp3) is 0.300. The fourth-order valence-electron chi connectivity index (χ4n) is 2.98. The Labute approximate surface area is 142 Å². The van der Waals surface area contributed by atoms with Gasteiger partial charge in [-0.15, -0.1) is 0 Å². The molecule has 0 aliphatic carbocycles. The number of fused-ring (bicyclic) bond motifs is 1. The number of carbonyl (C=O) groups excluding carboxylic acids is 2. The molecule has 1 N–H and O–H groups in total. The molecule has 0 saturated heterocycles. The number of carbonyl (C=O) groups is 2. The van der Waals surface area contributed by atoms with Crippen molar-refractivity contribution >= 4 is 17.5 Å². The van der Waals surface area contributed by atoms with Crippen LogP contribution >= 0.6 is 0 Å². The summed E-state index contributed by atoms with van der Waals surface area (Å²) in [5.41, 5.74) is 1.99. The Morgan fingerprint density at radius 1 is 1.04 bits per heavy atom. The van der Waals surface area contributed by atoms with Crippen LogP contribution in [0.15, 0.2) is 54.6 Å². The molecule has 1 aliphatic rings. The maximum absolute atomic E-state index is 12.9. The van der Waals surface area contributed by atoms with E-state index in [4.69, 9.17) is 0 Å². The van der Waals surface area contributed by atoms with E-state index in [-0.39, 0.29) is 11.8 Å². The molecule has 2 amide bonds. The smallest absolute Gasteiger partial charge is 0.242 e. The van der Waals surface area contributed by atoms with E-state index in [1.54, 1.807) is 18.7 Å². The summed E-state index contributed by atoms with van der Waals surface area (Å²) >= 11 is 0. The van der Waals surface area contributed by atoms with Crippen molar-refractivity contribution < 1.29 is 9.59 Å². The summed E-state index contributed by atoms with van der Waals surface area (Å²) in [5, 5.41) is 2.88. The van der Waals surface area contributed by atoms with Crippen molar-refractivity contribution in [2.24, 2.45) is 5.41 Å². The molecule has 0 unspecified atom stereocenters. The number of nitrogens with one attached hydrogen (secondary N) is 1. The van der Waals surface area contributed by atoms with Crippen LogP contribution in [-0.2, 0) is 22.6 Å².